The topological polar surface area (TPSA) is 40.2 Å². The number of benzene rings is 2. The van der Waals surface area contributed by atoms with Gasteiger partial charge in [0.1, 0.15) is 0 Å². The Bertz CT molecular complexity index is 982. The Kier molecular flexibility index (Phi) is 3.10. The fourth-order valence-corrected chi connectivity index (χ4v) is 3.90. The SMILES string of the molecule is COc1cc2c(cc1OC)=CN1CCc3cc4c(cc3C1C=2)OCO4. The van der Waals surface area contributed by atoms with Gasteiger partial charge < -0.3 is 23.8 Å². The molecule has 0 radical (unpaired) electrons. The Balaban J connectivity index is 1.67. The zero-order valence-electron chi connectivity index (χ0n) is 14.2. The molecule has 2 aromatic rings. The van der Waals surface area contributed by atoms with Gasteiger partial charge >= 0.3 is 0 Å². The third-order valence-corrected chi connectivity index (χ3v) is 5.18. The van der Waals surface area contributed by atoms with Crippen molar-refractivity contribution in [2.45, 2.75) is 12.5 Å². The molecule has 0 fully saturated rings. The van der Waals surface area contributed by atoms with Crippen molar-refractivity contribution in [1.29, 1.82) is 0 Å². The van der Waals surface area contributed by atoms with Gasteiger partial charge in [0.25, 0.3) is 0 Å². The van der Waals surface area contributed by atoms with Crippen LogP contribution in [0, 0.1) is 0 Å². The molecule has 5 nitrogen and oxygen atoms in total. The maximum atomic E-state index is 5.58. The van der Waals surface area contributed by atoms with Crippen LogP contribution in [0.4, 0.5) is 0 Å². The Labute approximate surface area is 145 Å². The first-order chi connectivity index (χ1) is 12.3. The normalized spacial score (nSPS) is 19.1. The highest BCUT2D eigenvalue weighted by Crippen LogP contribution is 2.41. The quantitative estimate of drug-likeness (QED) is 0.832. The lowest BCUT2D eigenvalue weighted by atomic mass is 9.90. The summed E-state index contributed by atoms with van der Waals surface area (Å²) in [5.41, 5.74) is 2.62. The second-order valence-corrected chi connectivity index (χ2v) is 6.47. The first-order valence-electron chi connectivity index (χ1n) is 8.41. The van der Waals surface area contributed by atoms with Gasteiger partial charge in [-0.1, -0.05) is 0 Å². The van der Waals surface area contributed by atoms with Crippen LogP contribution in [0.15, 0.2) is 24.3 Å². The van der Waals surface area contributed by atoms with Gasteiger partial charge in [-0.3, -0.25) is 0 Å². The van der Waals surface area contributed by atoms with Crippen LogP contribution in [0.25, 0.3) is 12.3 Å². The molecule has 0 bridgehead atoms. The van der Waals surface area contributed by atoms with E-state index in [1.54, 1.807) is 14.2 Å². The van der Waals surface area contributed by atoms with Gasteiger partial charge in [0, 0.05) is 18.0 Å². The Morgan fingerprint density at radius 1 is 0.960 bits per heavy atom. The lowest BCUT2D eigenvalue weighted by molar-refractivity contribution is 0.174. The van der Waals surface area contributed by atoms with Crippen molar-refractivity contribution in [1.82, 2.24) is 4.90 Å². The molecule has 0 N–H and O–H groups in total. The summed E-state index contributed by atoms with van der Waals surface area (Å²) in [6.07, 6.45) is 5.50. The van der Waals surface area contributed by atoms with Gasteiger partial charge in [-0.2, -0.15) is 0 Å². The molecule has 1 atom stereocenters. The van der Waals surface area contributed by atoms with E-state index in [1.807, 2.05) is 12.1 Å². The molecule has 3 aliphatic rings. The Morgan fingerprint density at radius 2 is 1.68 bits per heavy atom. The van der Waals surface area contributed by atoms with Crippen LogP contribution in [-0.4, -0.2) is 32.5 Å². The molecule has 2 aromatic carbocycles. The van der Waals surface area contributed by atoms with Crippen LogP contribution in [0.3, 0.4) is 0 Å². The number of rotatable bonds is 2. The van der Waals surface area contributed by atoms with Crippen LogP contribution in [0.5, 0.6) is 23.0 Å². The monoisotopic (exact) mass is 337 g/mol. The highest BCUT2D eigenvalue weighted by Gasteiger charge is 2.29. The number of hydrogen-bond donors (Lipinski definition) is 0. The third kappa shape index (κ3) is 2.15. The molecule has 25 heavy (non-hydrogen) atoms. The molecule has 0 aliphatic carbocycles. The first kappa shape index (κ1) is 14.5. The summed E-state index contributed by atoms with van der Waals surface area (Å²) in [7, 11) is 3.33. The average molecular weight is 337 g/mol. The molecule has 0 spiro atoms. The van der Waals surface area contributed by atoms with Crippen molar-refractivity contribution in [3.8, 4) is 23.0 Å². The van der Waals surface area contributed by atoms with Crippen molar-refractivity contribution in [2.75, 3.05) is 27.6 Å². The largest absolute Gasteiger partial charge is 0.493 e. The first-order valence-corrected chi connectivity index (χ1v) is 8.41. The smallest absolute Gasteiger partial charge is 0.231 e. The number of fused-ring (bicyclic) bond motifs is 5. The van der Waals surface area contributed by atoms with Gasteiger partial charge in [-0.05, 0) is 53.1 Å². The lowest BCUT2D eigenvalue weighted by Gasteiger charge is -2.36. The molecule has 128 valence electrons. The van der Waals surface area contributed by atoms with Gasteiger partial charge in [-0.25, -0.2) is 0 Å². The minimum Gasteiger partial charge on any atom is -0.493 e. The summed E-state index contributed by atoms with van der Waals surface area (Å²) in [5, 5.41) is 2.31. The third-order valence-electron chi connectivity index (χ3n) is 5.18. The summed E-state index contributed by atoms with van der Waals surface area (Å²) < 4.78 is 22.0. The molecular formula is C20H19NO4. The van der Waals surface area contributed by atoms with Gasteiger partial charge in [0.15, 0.2) is 23.0 Å². The average Bonchev–Trinajstić information content (AvgIpc) is 3.11. The number of methoxy groups -OCH3 is 2. The van der Waals surface area contributed by atoms with E-state index < -0.39 is 0 Å². The van der Waals surface area contributed by atoms with Gasteiger partial charge in [-0.15, -0.1) is 0 Å². The summed E-state index contributed by atoms with van der Waals surface area (Å²) in [6.45, 7) is 1.28. The highest BCUT2D eigenvalue weighted by molar-refractivity contribution is 5.58. The van der Waals surface area contributed by atoms with Gasteiger partial charge in [0.2, 0.25) is 6.79 Å². The predicted molar refractivity (Wildman–Crippen MR) is 93.4 cm³/mol. The van der Waals surface area contributed by atoms with E-state index in [0.29, 0.717) is 6.79 Å². The molecule has 5 heteroatoms. The van der Waals surface area contributed by atoms with E-state index in [0.717, 1.165) is 46.4 Å². The van der Waals surface area contributed by atoms with Crippen LogP contribution in [0.2, 0.25) is 0 Å². The highest BCUT2D eigenvalue weighted by atomic mass is 16.7. The van der Waals surface area contributed by atoms with E-state index in [2.05, 4.69) is 29.3 Å². The molecule has 0 saturated carbocycles. The van der Waals surface area contributed by atoms with Crippen LogP contribution in [-0.2, 0) is 6.42 Å². The Hall–Kier alpha value is -2.82. The van der Waals surface area contributed by atoms with E-state index in [1.165, 1.54) is 11.1 Å². The van der Waals surface area contributed by atoms with Crippen LogP contribution < -0.4 is 29.4 Å². The van der Waals surface area contributed by atoms with Crippen molar-refractivity contribution >= 4 is 12.3 Å². The summed E-state index contributed by atoms with van der Waals surface area (Å²) in [6, 6.07) is 8.54. The molecule has 0 aromatic heterocycles. The van der Waals surface area contributed by atoms with Crippen LogP contribution in [0.1, 0.15) is 17.2 Å². The minimum atomic E-state index is 0.198. The fraction of sp³-hybridized carbons (Fsp3) is 0.300. The summed E-state index contributed by atoms with van der Waals surface area (Å²) in [4.78, 5) is 2.37. The van der Waals surface area contributed by atoms with Crippen molar-refractivity contribution < 1.29 is 18.9 Å². The number of nitrogens with zero attached hydrogens (tertiary/aromatic N) is 1. The van der Waals surface area contributed by atoms with Crippen molar-refractivity contribution in [3.63, 3.8) is 0 Å². The maximum Gasteiger partial charge on any atom is 0.231 e. The van der Waals surface area contributed by atoms with Crippen molar-refractivity contribution in [3.05, 3.63) is 45.8 Å². The van der Waals surface area contributed by atoms with E-state index in [9.17, 15) is 0 Å². The number of ether oxygens (including phenoxy) is 4. The molecule has 5 rings (SSSR count). The molecule has 3 aliphatic heterocycles. The predicted octanol–water partition coefficient (Wildman–Crippen LogP) is 1.56. The van der Waals surface area contributed by atoms with E-state index in [4.69, 9.17) is 18.9 Å². The second-order valence-electron chi connectivity index (χ2n) is 6.47. The molecule has 0 saturated heterocycles. The standard InChI is InChI=1S/C20H19NO4/c1-22-17-7-13-5-16-15-9-20-19(24-11-25-20)6-12(15)3-4-21(16)10-14(13)8-18(17)23-2/h5-10,16H,3-4,11H2,1-2H3. The molecule has 0 amide bonds. The fourth-order valence-electron chi connectivity index (χ4n) is 3.90. The summed E-state index contributed by atoms with van der Waals surface area (Å²) >= 11 is 0. The molecule has 3 heterocycles. The van der Waals surface area contributed by atoms with E-state index >= 15 is 0 Å². The second kappa shape index (κ2) is 5.34. The Morgan fingerprint density at radius 3 is 2.44 bits per heavy atom. The molecule has 1 unspecified atom stereocenters. The number of hydrogen-bond acceptors (Lipinski definition) is 5. The lowest BCUT2D eigenvalue weighted by Crippen LogP contribution is -2.40. The van der Waals surface area contributed by atoms with Crippen LogP contribution >= 0.6 is 0 Å². The van der Waals surface area contributed by atoms with Crippen molar-refractivity contribution in [2.24, 2.45) is 0 Å². The van der Waals surface area contributed by atoms with Gasteiger partial charge in [0.05, 0.1) is 20.3 Å². The molecular weight excluding hydrogens is 318 g/mol. The summed E-state index contributed by atoms with van der Waals surface area (Å²) in [5.74, 6) is 3.21. The minimum absolute atomic E-state index is 0.198. The zero-order chi connectivity index (χ0) is 17.0. The van der Waals surface area contributed by atoms with E-state index in [-0.39, 0.29) is 6.04 Å². The maximum absolute atomic E-state index is 5.58. The zero-order valence-corrected chi connectivity index (χ0v) is 14.2.